The van der Waals surface area contributed by atoms with Gasteiger partial charge in [0.15, 0.2) is 0 Å². The van der Waals surface area contributed by atoms with Gasteiger partial charge in [-0.3, -0.25) is 4.79 Å². The van der Waals surface area contributed by atoms with Gasteiger partial charge in [-0.1, -0.05) is 33.6 Å². The molecule has 2 rings (SSSR count). The normalized spacial score (nSPS) is 16.9. The first-order valence-corrected chi connectivity index (χ1v) is 6.33. The molecular formula is C12H12BrClO2. The second-order valence-electron chi connectivity index (χ2n) is 4.00. The van der Waals surface area contributed by atoms with Gasteiger partial charge < -0.3 is 4.74 Å². The number of carbonyl (C=O) groups excluding carboxylic acids is 1. The molecule has 0 spiro atoms. The van der Waals surface area contributed by atoms with Gasteiger partial charge >= 0.3 is 5.97 Å². The van der Waals surface area contributed by atoms with E-state index in [-0.39, 0.29) is 11.9 Å². The summed E-state index contributed by atoms with van der Waals surface area (Å²) < 4.78 is 5.76. The summed E-state index contributed by atoms with van der Waals surface area (Å²) in [6.45, 7) is 0. The molecule has 1 fully saturated rings. The number of halogens is 2. The van der Waals surface area contributed by atoms with E-state index in [0.29, 0.717) is 10.9 Å². The first-order valence-electron chi connectivity index (χ1n) is 5.16. The molecule has 1 atom stereocenters. The fraction of sp³-hybridized carbons (Fsp3) is 0.417. The number of benzene rings is 1. The second kappa shape index (κ2) is 4.76. The second-order valence-corrected chi connectivity index (χ2v) is 5.33. The SMILES string of the molecule is COC(=O)C(c1ccc(Br)cc1Cl)C1CC1. The zero-order valence-corrected chi connectivity index (χ0v) is 11.2. The van der Waals surface area contributed by atoms with Crippen LogP contribution in [-0.4, -0.2) is 13.1 Å². The van der Waals surface area contributed by atoms with E-state index in [4.69, 9.17) is 16.3 Å². The van der Waals surface area contributed by atoms with Crippen molar-refractivity contribution in [1.82, 2.24) is 0 Å². The molecule has 16 heavy (non-hydrogen) atoms. The molecule has 1 aliphatic rings. The molecule has 0 bridgehead atoms. The Morgan fingerprint density at radius 3 is 2.75 bits per heavy atom. The molecule has 0 aromatic heterocycles. The fourth-order valence-corrected chi connectivity index (χ4v) is 2.67. The van der Waals surface area contributed by atoms with Crippen molar-refractivity contribution in [3.8, 4) is 0 Å². The molecule has 0 N–H and O–H groups in total. The van der Waals surface area contributed by atoms with Crippen LogP contribution in [0.25, 0.3) is 0 Å². The topological polar surface area (TPSA) is 26.3 Å². The van der Waals surface area contributed by atoms with Crippen molar-refractivity contribution < 1.29 is 9.53 Å². The van der Waals surface area contributed by atoms with Crippen molar-refractivity contribution in [2.24, 2.45) is 5.92 Å². The summed E-state index contributed by atoms with van der Waals surface area (Å²) in [5, 5.41) is 0.622. The molecule has 1 aliphatic carbocycles. The summed E-state index contributed by atoms with van der Waals surface area (Å²) in [5.74, 6) is 0.00319. The minimum absolute atomic E-state index is 0.188. The summed E-state index contributed by atoms with van der Waals surface area (Å²) >= 11 is 9.51. The quantitative estimate of drug-likeness (QED) is 0.795. The van der Waals surface area contributed by atoms with Crippen LogP contribution in [-0.2, 0) is 9.53 Å². The zero-order valence-electron chi connectivity index (χ0n) is 8.87. The standard InChI is InChI=1S/C12H12BrClO2/c1-16-12(15)11(7-2-3-7)9-5-4-8(13)6-10(9)14/h4-7,11H,2-3H2,1H3. The van der Waals surface area contributed by atoms with Crippen molar-refractivity contribution >= 4 is 33.5 Å². The van der Waals surface area contributed by atoms with E-state index in [1.165, 1.54) is 7.11 Å². The average molecular weight is 304 g/mol. The Kier molecular flexibility index (Phi) is 3.55. The third-order valence-corrected chi connectivity index (χ3v) is 3.67. The summed E-state index contributed by atoms with van der Waals surface area (Å²) in [7, 11) is 1.42. The minimum Gasteiger partial charge on any atom is -0.469 e. The first-order chi connectivity index (χ1) is 7.63. The van der Waals surface area contributed by atoms with Crippen molar-refractivity contribution in [2.45, 2.75) is 18.8 Å². The van der Waals surface area contributed by atoms with Crippen LogP contribution in [0.5, 0.6) is 0 Å². The van der Waals surface area contributed by atoms with Crippen LogP contribution in [0.1, 0.15) is 24.3 Å². The molecule has 0 amide bonds. The highest BCUT2D eigenvalue weighted by molar-refractivity contribution is 9.10. The summed E-state index contributed by atoms with van der Waals surface area (Å²) in [6.07, 6.45) is 2.15. The van der Waals surface area contributed by atoms with Gasteiger partial charge in [0.05, 0.1) is 13.0 Å². The molecule has 0 saturated heterocycles. The van der Waals surface area contributed by atoms with E-state index < -0.39 is 0 Å². The van der Waals surface area contributed by atoms with Crippen LogP contribution >= 0.6 is 27.5 Å². The van der Waals surface area contributed by atoms with Gasteiger partial charge in [-0.15, -0.1) is 0 Å². The predicted octanol–water partition coefficient (Wildman–Crippen LogP) is 3.77. The van der Waals surface area contributed by atoms with Crippen molar-refractivity contribution in [2.75, 3.05) is 7.11 Å². The van der Waals surface area contributed by atoms with E-state index in [1.807, 2.05) is 18.2 Å². The number of esters is 1. The van der Waals surface area contributed by atoms with Gasteiger partial charge in [-0.25, -0.2) is 0 Å². The van der Waals surface area contributed by atoms with Crippen LogP contribution in [0.4, 0.5) is 0 Å². The summed E-state index contributed by atoms with van der Waals surface area (Å²) in [6, 6.07) is 5.61. The Morgan fingerprint density at radius 2 is 2.25 bits per heavy atom. The lowest BCUT2D eigenvalue weighted by Crippen LogP contribution is -2.16. The molecule has 0 radical (unpaired) electrons. The van der Waals surface area contributed by atoms with Gasteiger partial charge in [0.2, 0.25) is 0 Å². The maximum atomic E-state index is 11.7. The molecule has 1 aromatic rings. The van der Waals surface area contributed by atoms with Gasteiger partial charge in [0.25, 0.3) is 0 Å². The Hall–Kier alpha value is -0.540. The van der Waals surface area contributed by atoms with Gasteiger partial charge in [0, 0.05) is 9.50 Å². The number of hydrogen-bond donors (Lipinski definition) is 0. The highest BCUT2D eigenvalue weighted by Crippen LogP contribution is 2.45. The van der Waals surface area contributed by atoms with Gasteiger partial charge in [-0.2, -0.15) is 0 Å². The molecule has 1 aromatic carbocycles. The molecule has 86 valence electrons. The smallest absolute Gasteiger partial charge is 0.313 e. The Labute approximate surface area is 108 Å². The third kappa shape index (κ3) is 2.41. The molecule has 1 saturated carbocycles. The number of methoxy groups -OCH3 is 1. The number of ether oxygens (including phenoxy) is 1. The number of carbonyl (C=O) groups is 1. The molecule has 0 heterocycles. The molecule has 2 nitrogen and oxygen atoms in total. The third-order valence-electron chi connectivity index (χ3n) is 2.85. The summed E-state index contributed by atoms with van der Waals surface area (Å²) in [4.78, 5) is 11.7. The van der Waals surface area contributed by atoms with Crippen LogP contribution < -0.4 is 0 Å². The summed E-state index contributed by atoms with van der Waals surface area (Å²) in [5.41, 5.74) is 0.874. The lowest BCUT2D eigenvalue weighted by atomic mass is 9.94. The van der Waals surface area contributed by atoms with Crippen LogP contribution in [0.15, 0.2) is 22.7 Å². The maximum absolute atomic E-state index is 11.7. The lowest BCUT2D eigenvalue weighted by molar-refractivity contribution is -0.143. The Morgan fingerprint density at radius 1 is 1.56 bits per heavy atom. The van der Waals surface area contributed by atoms with E-state index in [0.717, 1.165) is 22.9 Å². The number of hydrogen-bond acceptors (Lipinski definition) is 2. The Bertz CT molecular complexity index is 415. The van der Waals surface area contributed by atoms with Crippen LogP contribution in [0.2, 0.25) is 5.02 Å². The van der Waals surface area contributed by atoms with Crippen molar-refractivity contribution in [3.05, 3.63) is 33.3 Å². The Balaban J connectivity index is 2.34. The first kappa shape index (κ1) is 11.9. The van der Waals surface area contributed by atoms with E-state index >= 15 is 0 Å². The van der Waals surface area contributed by atoms with Crippen molar-refractivity contribution in [1.29, 1.82) is 0 Å². The minimum atomic E-state index is -0.203. The van der Waals surface area contributed by atoms with Gasteiger partial charge in [-0.05, 0) is 36.5 Å². The molecule has 4 heteroatoms. The number of rotatable bonds is 3. The van der Waals surface area contributed by atoms with E-state index in [2.05, 4.69) is 15.9 Å². The molecular weight excluding hydrogens is 291 g/mol. The highest BCUT2D eigenvalue weighted by atomic mass is 79.9. The van der Waals surface area contributed by atoms with E-state index in [9.17, 15) is 4.79 Å². The molecule has 0 aliphatic heterocycles. The predicted molar refractivity (Wildman–Crippen MR) is 66.6 cm³/mol. The van der Waals surface area contributed by atoms with Gasteiger partial charge in [0.1, 0.15) is 0 Å². The van der Waals surface area contributed by atoms with Crippen LogP contribution in [0.3, 0.4) is 0 Å². The lowest BCUT2D eigenvalue weighted by Gasteiger charge is -2.15. The van der Waals surface area contributed by atoms with Crippen LogP contribution in [0, 0.1) is 5.92 Å². The monoisotopic (exact) mass is 302 g/mol. The molecule has 1 unspecified atom stereocenters. The average Bonchev–Trinajstić information content (AvgIpc) is 3.05. The zero-order chi connectivity index (χ0) is 11.7. The maximum Gasteiger partial charge on any atom is 0.313 e. The van der Waals surface area contributed by atoms with E-state index in [1.54, 1.807) is 0 Å². The van der Waals surface area contributed by atoms with Crippen molar-refractivity contribution in [3.63, 3.8) is 0 Å². The largest absolute Gasteiger partial charge is 0.469 e. The fourth-order valence-electron chi connectivity index (χ4n) is 1.88. The highest BCUT2D eigenvalue weighted by Gasteiger charge is 2.39.